The third-order valence-electron chi connectivity index (χ3n) is 4.75. The fraction of sp³-hybridized carbons (Fsp3) is 0.278. The van der Waals surface area contributed by atoms with Gasteiger partial charge >= 0.3 is 7.05 Å². The molecule has 122 valence electrons. The van der Waals surface area contributed by atoms with Gasteiger partial charge in [-0.3, -0.25) is 5.10 Å². The summed E-state index contributed by atoms with van der Waals surface area (Å²) in [4.78, 5) is 4.60. The number of hydrogen-bond donors (Lipinski definition) is 2. The Balaban J connectivity index is 1.45. The third kappa shape index (κ3) is 3.22. The lowest BCUT2D eigenvalue weighted by molar-refractivity contribution is 0.420. The molecule has 0 aliphatic carbocycles. The van der Waals surface area contributed by atoms with Crippen molar-refractivity contribution < 1.29 is 5.02 Å². The van der Waals surface area contributed by atoms with E-state index in [1.54, 1.807) is 11.8 Å². The Hall–Kier alpha value is -1.76. The van der Waals surface area contributed by atoms with Gasteiger partial charge in [0.05, 0.1) is 11.7 Å². The Bertz CT molecular complexity index is 834. The highest BCUT2D eigenvalue weighted by atomic mass is 32.2. The summed E-state index contributed by atoms with van der Waals surface area (Å²) in [7, 11) is -0.345. The highest BCUT2D eigenvalue weighted by Gasteiger charge is 2.28. The predicted molar refractivity (Wildman–Crippen MR) is 99.4 cm³/mol. The van der Waals surface area contributed by atoms with Crippen molar-refractivity contribution in [3.8, 4) is 0 Å². The number of aromatic nitrogens is 2. The number of H-pyrrole nitrogens is 1. The molecule has 6 heteroatoms. The SMILES string of the molecule is CB(O)N1CC[C@@H](c2ccc(Sc3ccc4[nH]ncc4c3)cc2)C1. The number of benzene rings is 2. The van der Waals surface area contributed by atoms with Gasteiger partial charge in [0.1, 0.15) is 0 Å². The molecule has 1 saturated heterocycles. The fourth-order valence-electron chi connectivity index (χ4n) is 3.33. The van der Waals surface area contributed by atoms with E-state index in [1.807, 2.05) is 13.0 Å². The molecule has 2 aromatic carbocycles. The van der Waals surface area contributed by atoms with Gasteiger partial charge in [0.15, 0.2) is 0 Å². The van der Waals surface area contributed by atoms with Gasteiger partial charge in [0.2, 0.25) is 0 Å². The van der Waals surface area contributed by atoms with Crippen molar-refractivity contribution in [1.29, 1.82) is 0 Å². The second kappa shape index (κ2) is 6.63. The molecule has 0 amide bonds. The van der Waals surface area contributed by atoms with E-state index in [4.69, 9.17) is 0 Å². The standard InChI is InChI=1S/C18H20BN3OS/c1-19(23)22-9-8-14(12-22)13-2-4-16(5-3-13)24-17-6-7-18-15(10-17)11-20-21-18/h2-7,10-11,14,23H,8-9,12H2,1H3,(H,20,21)/t14-/m1/s1. The number of aromatic amines is 1. The van der Waals surface area contributed by atoms with Crippen LogP contribution in [0.1, 0.15) is 17.9 Å². The molecule has 1 aromatic heterocycles. The van der Waals surface area contributed by atoms with Crippen molar-refractivity contribution in [2.75, 3.05) is 13.1 Å². The summed E-state index contributed by atoms with van der Waals surface area (Å²) >= 11 is 1.77. The molecule has 0 radical (unpaired) electrons. The van der Waals surface area contributed by atoms with Gasteiger partial charge in [-0.25, -0.2) is 0 Å². The molecule has 4 rings (SSSR count). The summed E-state index contributed by atoms with van der Waals surface area (Å²) in [5, 5.41) is 17.9. The summed E-state index contributed by atoms with van der Waals surface area (Å²) < 4.78 is 0. The number of rotatable bonds is 4. The van der Waals surface area contributed by atoms with Gasteiger partial charge < -0.3 is 9.83 Å². The predicted octanol–water partition coefficient (Wildman–Crippen LogP) is 3.61. The second-order valence-electron chi connectivity index (χ2n) is 6.40. The van der Waals surface area contributed by atoms with E-state index in [0.29, 0.717) is 5.92 Å². The molecule has 1 aliphatic heterocycles. The van der Waals surface area contributed by atoms with Crippen LogP contribution in [-0.4, -0.2) is 40.2 Å². The van der Waals surface area contributed by atoms with Crippen LogP contribution < -0.4 is 0 Å². The van der Waals surface area contributed by atoms with Crippen LogP contribution in [0.15, 0.2) is 58.5 Å². The van der Waals surface area contributed by atoms with Crippen LogP contribution in [0.2, 0.25) is 6.82 Å². The number of hydrogen-bond acceptors (Lipinski definition) is 4. The van der Waals surface area contributed by atoms with Crippen molar-refractivity contribution >= 4 is 29.7 Å². The number of fused-ring (bicyclic) bond motifs is 1. The summed E-state index contributed by atoms with van der Waals surface area (Å²) in [5.41, 5.74) is 2.44. The minimum absolute atomic E-state index is 0.345. The first-order chi connectivity index (χ1) is 11.7. The molecule has 2 N–H and O–H groups in total. The molecule has 0 unspecified atom stereocenters. The van der Waals surface area contributed by atoms with E-state index < -0.39 is 0 Å². The summed E-state index contributed by atoms with van der Waals surface area (Å²) in [5.74, 6) is 0.529. The summed E-state index contributed by atoms with van der Waals surface area (Å²) in [6.07, 6.45) is 2.98. The highest BCUT2D eigenvalue weighted by Crippen LogP contribution is 2.32. The van der Waals surface area contributed by atoms with Crippen LogP contribution in [0.5, 0.6) is 0 Å². The quantitative estimate of drug-likeness (QED) is 0.714. The molecule has 4 nitrogen and oxygen atoms in total. The summed E-state index contributed by atoms with van der Waals surface area (Å²) in [6.45, 7) is 3.77. The minimum Gasteiger partial charge on any atom is -0.437 e. The van der Waals surface area contributed by atoms with E-state index >= 15 is 0 Å². The van der Waals surface area contributed by atoms with E-state index in [9.17, 15) is 5.02 Å². The van der Waals surface area contributed by atoms with Gasteiger partial charge in [0, 0.05) is 15.2 Å². The van der Waals surface area contributed by atoms with Gasteiger partial charge in [-0.15, -0.1) is 0 Å². The molecule has 2 heterocycles. The van der Waals surface area contributed by atoms with Crippen molar-refractivity contribution in [2.45, 2.75) is 29.0 Å². The molecular weight excluding hydrogens is 317 g/mol. The average Bonchev–Trinajstić information content (AvgIpc) is 3.24. The Kier molecular flexibility index (Phi) is 4.35. The molecule has 1 atom stereocenters. The topological polar surface area (TPSA) is 52.1 Å². The average molecular weight is 337 g/mol. The zero-order chi connectivity index (χ0) is 16.5. The Morgan fingerprint density at radius 1 is 1.21 bits per heavy atom. The highest BCUT2D eigenvalue weighted by molar-refractivity contribution is 7.99. The molecule has 0 saturated carbocycles. The van der Waals surface area contributed by atoms with E-state index in [1.165, 1.54) is 15.4 Å². The van der Waals surface area contributed by atoms with Crippen molar-refractivity contribution in [3.05, 3.63) is 54.2 Å². The van der Waals surface area contributed by atoms with Gasteiger partial charge in [0.25, 0.3) is 0 Å². The first kappa shape index (κ1) is 15.8. The first-order valence-corrected chi connectivity index (χ1v) is 9.14. The zero-order valence-electron chi connectivity index (χ0n) is 13.6. The monoisotopic (exact) mass is 337 g/mol. The van der Waals surface area contributed by atoms with Crippen LogP contribution in [0.3, 0.4) is 0 Å². The van der Waals surface area contributed by atoms with Crippen LogP contribution >= 0.6 is 11.8 Å². The van der Waals surface area contributed by atoms with Crippen molar-refractivity contribution in [3.63, 3.8) is 0 Å². The largest absolute Gasteiger partial charge is 0.437 e. The number of nitrogens with one attached hydrogen (secondary N) is 1. The van der Waals surface area contributed by atoms with Crippen LogP contribution in [-0.2, 0) is 0 Å². The smallest absolute Gasteiger partial charge is 0.376 e. The van der Waals surface area contributed by atoms with E-state index in [0.717, 1.165) is 30.4 Å². The maximum atomic E-state index is 9.70. The van der Waals surface area contributed by atoms with Gasteiger partial charge in [-0.1, -0.05) is 23.9 Å². The minimum atomic E-state index is -0.345. The van der Waals surface area contributed by atoms with Crippen molar-refractivity contribution in [2.24, 2.45) is 0 Å². The summed E-state index contributed by atoms with van der Waals surface area (Å²) in [6, 6.07) is 15.2. The van der Waals surface area contributed by atoms with Crippen molar-refractivity contribution in [1.82, 2.24) is 15.0 Å². The Labute approximate surface area is 146 Å². The molecular formula is C18H20BN3OS. The van der Waals surface area contributed by atoms with Crippen LogP contribution in [0, 0.1) is 0 Å². The number of nitrogens with zero attached hydrogens (tertiary/aromatic N) is 2. The normalized spacial score (nSPS) is 18.3. The second-order valence-corrected chi connectivity index (χ2v) is 7.55. The lowest BCUT2D eigenvalue weighted by Gasteiger charge is -2.16. The van der Waals surface area contributed by atoms with Crippen LogP contribution in [0.4, 0.5) is 0 Å². The molecule has 1 aliphatic rings. The molecule has 0 spiro atoms. The maximum Gasteiger partial charge on any atom is 0.376 e. The first-order valence-electron chi connectivity index (χ1n) is 8.32. The molecule has 24 heavy (non-hydrogen) atoms. The maximum absolute atomic E-state index is 9.70. The van der Waals surface area contributed by atoms with E-state index in [2.05, 4.69) is 57.5 Å². The fourth-order valence-corrected chi connectivity index (χ4v) is 4.19. The Morgan fingerprint density at radius 2 is 2.00 bits per heavy atom. The zero-order valence-corrected chi connectivity index (χ0v) is 14.5. The third-order valence-corrected chi connectivity index (χ3v) is 5.74. The van der Waals surface area contributed by atoms with Gasteiger partial charge in [-0.2, -0.15) is 5.10 Å². The van der Waals surface area contributed by atoms with Gasteiger partial charge in [-0.05, 0) is 68.1 Å². The molecule has 3 aromatic rings. The molecule has 1 fully saturated rings. The Morgan fingerprint density at radius 3 is 2.75 bits per heavy atom. The van der Waals surface area contributed by atoms with E-state index in [-0.39, 0.29) is 7.05 Å². The lowest BCUT2D eigenvalue weighted by atomic mass is 9.85. The van der Waals surface area contributed by atoms with Crippen LogP contribution in [0.25, 0.3) is 10.9 Å². The molecule has 0 bridgehead atoms. The lowest BCUT2D eigenvalue weighted by Crippen LogP contribution is -2.34.